The van der Waals surface area contributed by atoms with E-state index in [-0.39, 0.29) is 44.9 Å². The fourth-order valence-electron chi connectivity index (χ4n) is 9.54. The summed E-state index contributed by atoms with van der Waals surface area (Å²) in [7, 11) is 2.44. The van der Waals surface area contributed by atoms with E-state index in [0.29, 0.717) is 16.4 Å². The van der Waals surface area contributed by atoms with Gasteiger partial charge in [-0.15, -0.1) is 0 Å². The third-order valence-electron chi connectivity index (χ3n) is 12.3. The summed E-state index contributed by atoms with van der Waals surface area (Å²) in [6.07, 6.45) is -8.87. The number of hydrogen-bond acceptors (Lipinski definition) is 8. The molecule has 18 heteroatoms. The lowest BCUT2D eigenvalue weighted by Gasteiger charge is -2.49. The average molecular weight is 955 g/mol. The minimum atomic E-state index is -5.09. The molecule has 2 aliphatic rings. The first-order chi connectivity index (χ1) is 31.8. The SMILES string of the molecule is CC.COc1c(F)ccc2c1C(C)(C)C[C@@](O)(C(F)(F)F)[C@@H]2NC(=O)c1ccc2nccnc2c1.COc1c(F)ccc2c1C(C)(C)C[C@@](O)(C(F)(F)F)[C@@H]2NC(=O)c1cccc2ccccc12. The molecule has 6 aromatic rings. The Morgan fingerprint density at radius 2 is 1.09 bits per heavy atom. The van der Waals surface area contributed by atoms with Gasteiger partial charge >= 0.3 is 12.4 Å². The molecule has 8 rings (SSSR count). The number of fused-ring (bicyclic) bond motifs is 4. The van der Waals surface area contributed by atoms with Gasteiger partial charge in [0.05, 0.1) is 37.3 Å². The highest BCUT2D eigenvalue weighted by atomic mass is 19.4. The molecule has 5 aromatic carbocycles. The minimum Gasteiger partial charge on any atom is -0.493 e. The van der Waals surface area contributed by atoms with E-state index in [1.54, 1.807) is 36.4 Å². The second-order valence-electron chi connectivity index (χ2n) is 17.7. The van der Waals surface area contributed by atoms with Crippen LogP contribution in [0.1, 0.15) is 109 Å². The third-order valence-corrected chi connectivity index (χ3v) is 12.3. The van der Waals surface area contributed by atoms with E-state index in [1.807, 2.05) is 13.8 Å². The van der Waals surface area contributed by atoms with Gasteiger partial charge in [0.25, 0.3) is 11.8 Å². The van der Waals surface area contributed by atoms with Crippen LogP contribution < -0.4 is 20.1 Å². The number of carbonyl (C=O) groups excluding carboxylic acids is 2. The summed E-state index contributed by atoms with van der Waals surface area (Å²) in [5.74, 6) is -3.55. The number of ether oxygens (including phenoxy) is 2. The van der Waals surface area contributed by atoms with Gasteiger partial charge in [-0.3, -0.25) is 19.6 Å². The van der Waals surface area contributed by atoms with Crippen LogP contribution in [0.25, 0.3) is 21.8 Å². The Labute approximate surface area is 386 Å². The second-order valence-corrected chi connectivity index (χ2v) is 17.7. The van der Waals surface area contributed by atoms with Gasteiger partial charge < -0.3 is 30.3 Å². The lowest BCUT2D eigenvalue weighted by atomic mass is 9.63. The summed E-state index contributed by atoms with van der Waals surface area (Å²) >= 11 is 0. The molecule has 1 aromatic heterocycles. The summed E-state index contributed by atoms with van der Waals surface area (Å²) in [5.41, 5.74) is -7.89. The topological polar surface area (TPSA) is 143 Å². The predicted molar refractivity (Wildman–Crippen MR) is 238 cm³/mol. The number of rotatable bonds is 6. The number of aliphatic hydroxyl groups is 2. The molecule has 2 aliphatic carbocycles. The van der Waals surface area contributed by atoms with E-state index >= 15 is 0 Å². The summed E-state index contributed by atoms with van der Waals surface area (Å²) < 4.78 is 125. The Balaban J connectivity index is 0.000000216. The Kier molecular flexibility index (Phi) is 13.9. The van der Waals surface area contributed by atoms with Crippen molar-refractivity contribution < 1.29 is 64.4 Å². The van der Waals surface area contributed by atoms with Crippen LogP contribution in [-0.4, -0.2) is 69.8 Å². The summed E-state index contributed by atoms with van der Waals surface area (Å²) in [6, 6.07) is 16.7. The molecule has 0 bridgehead atoms. The zero-order valence-electron chi connectivity index (χ0n) is 38.3. The molecule has 0 fully saturated rings. The summed E-state index contributed by atoms with van der Waals surface area (Å²) in [6.45, 7) is 9.88. The van der Waals surface area contributed by atoms with Gasteiger partial charge in [-0.1, -0.05) is 90.1 Å². The monoisotopic (exact) mass is 954 g/mol. The number of aromatic nitrogens is 2. The van der Waals surface area contributed by atoms with Crippen molar-refractivity contribution in [1.82, 2.24) is 20.6 Å². The van der Waals surface area contributed by atoms with Gasteiger partial charge in [-0.05, 0) is 82.0 Å². The summed E-state index contributed by atoms with van der Waals surface area (Å²) in [4.78, 5) is 34.4. The number of hydrogen-bond donors (Lipinski definition) is 4. The van der Waals surface area contributed by atoms with Crippen LogP contribution in [0.3, 0.4) is 0 Å². The van der Waals surface area contributed by atoms with E-state index < -0.39 is 82.8 Å². The smallest absolute Gasteiger partial charge is 0.419 e. The van der Waals surface area contributed by atoms with Crippen LogP contribution in [0.4, 0.5) is 35.1 Å². The van der Waals surface area contributed by atoms with Crippen LogP contribution in [-0.2, 0) is 10.8 Å². The second kappa shape index (κ2) is 18.6. The first-order valence-electron chi connectivity index (χ1n) is 21.4. The van der Waals surface area contributed by atoms with E-state index in [0.717, 1.165) is 23.6 Å². The number of nitrogens with zero attached hydrogens (tertiary/aromatic N) is 2. The van der Waals surface area contributed by atoms with E-state index in [9.17, 15) is 54.9 Å². The van der Waals surface area contributed by atoms with Crippen molar-refractivity contribution in [3.8, 4) is 11.5 Å². The number of carbonyl (C=O) groups is 2. The molecule has 0 saturated carbocycles. The molecule has 2 amide bonds. The molecular weight excluding hydrogens is 905 g/mol. The Bertz CT molecular complexity index is 2860. The quantitative estimate of drug-likeness (QED) is 0.121. The molecular formula is C50H50F8N4O6. The first kappa shape index (κ1) is 51.0. The molecule has 1 heterocycles. The lowest BCUT2D eigenvalue weighted by Crippen LogP contribution is -2.60. The number of nitrogens with one attached hydrogen (secondary N) is 2. The van der Waals surface area contributed by atoms with Crippen LogP contribution in [0.2, 0.25) is 0 Å². The fraction of sp³-hybridized carbons (Fsp3) is 0.360. The van der Waals surface area contributed by atoms with E-state index in [4.69, 9.17) is 9.47 Å². The van der Waals surface area contributed by atoms with Crippen molar-refractivity contribution in [3.05, 3.63) is 142 Å². The van der Waals surface area contributed by atoms with Crippen molar-refractivity contribution in [2.75, 3.05) is 14.2 Å². The minimum absolute atomic E-state index is 0.0352. The summed E-state index contributed by atoms with van der Waals surface area (Å²) in [5, 5.41) is 28.0. The number of halogens is 8. The number of alkyl halides is 6. The van der Waals surface area contributed by atoms with Crippen molar-refractivity contribution in [1.29, 1.82) is 0 Å². The van der Waals surface area contributed by atoms with Gasteiger partial charge in [0.15, 0.2) is 34.3 Å². The Morgan fingerprint density at radius 1 is 0.632 bits per heavy atom. The lowest BCUT2D eigenvalue weighted by molar-refractivity contribution is -0.280. The molecule has 10 nitrogen and oxygen atoms in total. The highest BCUT2D eigenvalue weighted by Crippen LogP contribution is 2.57. The van der Waals surface area contributed by atoms with Crippen molar-refractivity contribution in [2.45, 2.75) is 101 Å². The Hall–Kier alpha value is -6.40. The molecule has 4 atom stereocenters. The zero-order chi connectivity index (χ0) is 50.4. The zero-order valence-corrected chi connectivity index (χ0v) is 38.3. The molecule has 0 unspecified atom stereocenters. The first-order valence-corrected chi connectivity index (χ1v) is 21.4. The Morgan fingerprint density at radius 3 is 1.57 bits per heavy atom. The molecule has 4 N–H and O–H groups in total. The van der Waals surface area contributed by atoms with Gasteiger partial charge in [0.1, 0.15) is 0 Å². The highest BCUT2D eigenvalue weighted by molar-refractivity contribution is 6.07. The van der Waals surface area contributed by atoms with Crippen LogP contribution in [0.15, 0.2) is 97.3 Å². The fourth-order valence-corrected chi connectivity index (χ4v) is 9.54. The van der Waals surface area contributed by atoms with Crippen molar-refractivity contribution in [2.24, 2.45) is 0 Å². The maximum absolute atomic E-state index is 14.5. The molecule has 0 radical (unpaired) electrons. The third kappa shape index (κ3) is 9.02. The maximum Gasteiger partial charge on any atom is 0.419 e. The van der Waals surface area contributed by atoms with Gasteiger partial charge in [-0.2, -0.15) is 26.3 Å². The highest BCUT2D eigenvalue weighted by Gasteiger charge is 2.66. The van der Waals surface area contributed by atoms with E-state index in [2.05, 4.69) is 20.6 Å². The van der Waals surface area contributed by atoms with Crippen molar-refractivity contribution in [3.63, 3.8) is 0 Å². The molecule has 362 valence electrons. The largest absolute Gasteiger partial charge is 0.493 e. The molecule has 0 saturated heterocycles. The number of benzene rings is 5. The standard InChI is InChI=1S/C25H23F4NO3.C23H21F4N3O3.C2H6/c1-23(2)13-24(32,25(27,28)29)21(17-11-12-18(26)20(33-3)19(17)23)30-22(31)16-10-6-8-14-7-4-5-9-15(14)16;1-21(2)11-22(32,23(25,26)27)19(13-5-6-14(24)18(33-3)17(13)21)30-20(31)12-4-7-15-16(10-12)29-9-8-28-15;1-2/h4-12,21,32H,13H2,1-3H3,(H,30,31);4-10,19,32H,11H2,1-3H3,(H,30,31);1-2H3/t21-,24+;19-,22+;/m11./s1. The maximum atomic E-state index is 14.5. The average Bonchev–Trinajstić information content (AvgIpc) is 3.28. The van der Waals surface area contributed by atoms with Crippen LogP contribution in [0.5, 0.6) is 11.5 Å². The predicted octanol–water partition coefficient (Wildman–Crippen LogP) is 10.7. The number of methoxy groups -OCH3 is 2. The molecule has 68 heavy (non-hydrogen) atoms. The normalized spacial score (nSPS) is 21.4. The van der Waals surface area contributed by atoms with Gasteiger partial charge in [-0.25, -0.2) is 8.78 Å². The van der Waals surface area contributed by atoms with Crippen molar-refractivity contribution >= 4 is 33.6 Å². The molecule has 0 aliphatic heterocycles. The van der Waals surface area contributed by atoms with Crippen LogP contribution >= 0.6 is 0 Å². The van der Waals surface area contributed by atoms with Crippen LogP contribution in [0, 0.1) is 11.6 Å². The van der Waals surface area contributed by atoms with E-state index in [1.165, 1.54) is 84.6 Å². The van der Waals surface area contributed by atoms with Gasteiger partial charge in [0.2, 0.25) is 0 Å². The van der Waals surface area contributed by atoms with Gasteiger partial charge in [0, 0.05) is 34.6 Å². The number of amides is 2. The molecule has 0 spiro atoms.